The Kier molecular flexibility index (Phi) is 8.09. The maximum atomic E-state index is 13.2. The molecule has 26 heavy (non-hydrogen) atoms. The Morgan fingerprint density at radius 2 is 0.808 bits per heavy atom. The van der Waals surface area contributed by atoms with Gasteiger partial charge in [-0.05, 0) is 12.8 Å². The number of alkyl halides is 10. The first kappa shape index (κ1) is 25.1. The summed E-state index contributed by atoms with van der Waals surface area (Å²) in [7, 11) is 0. The summed E-state index contributed by atoms with van der Waals surface area (Å²) in [6, 6.07) is 0. The summed E-state index contributed by atoms with van der Waals surface area (Å²) in [6.45, 7) is -6.67. The minimum absolute atomic E-state index is 0. The third-order valence-electron chi connectivity index (χ3n) is 2.74. The number of halogens is 11. The van der Waals surface area contributed by atoms with Crippen LogP contribution in [-0.2, 0) is 18.9 Å². The monoisotopic (exact) mass is 418 g/mol. The Morgan fingerprint density at radius 3 is 1.12 bits per heavy atom. The van der Waals surface area contributed by atoms with E-state index < -0.39 is 56.8 Å². The van der Waals surface area contributed by atoms with Gasteiger partial charge in [-0.3, -0.25) is 4.70 Å². The zero-order valence-electron chi connectivity index (χ0n) is 12.6. The number of hydrogen-bond acceptors (Lipinski definition) is 4. The SMILES string of the molecule is F.FC1(F)COC(F)(F)C(F)(F)C(F)(F)OCC(F)(F)OCCCCO1. The van der Waals surface area contributed by atoms with Gasteiger partial charge in [0.15, 0.2) is 0 Å². The Labute approximate surface area is 138 Å². The van der Waals surface area contributed by atoms with Gasteiger partial charge in [-0.15, -0.1) is 0 Å². The van der Waals surface area contributed by atoms with E-state index in [1.54, 1.807) is 0 Å². The molecule has 1 rings (SSSR count). The van der Waals surface area contributed by atoms with Crippen molar-refractivity contribution in [3.8, 4) is 0 Å². The van der Waals surface area contributed by atoms with Crippen LogP contribution in [0.3, 0.4) is 0 Å². The van der Waals surface area contributed by atoms with Gasteiger partial charge in [0.25, 0.3) is 0 Å². The molecule has 1 saturated heterocycles. The van der Waals surface area contributed by atoms with E-state index in [0.717, 1.165) is 0 Å². The summed E-state index contributed by atoms with van der Waals surface area (Å²) in [5.74, 6) is -6.55. The van der Waals surface area contributed by atoms with Crippen LogP contribution in [0.5, 0.6) is 0 Å². The molecule has 0 unspecified atom stereocenters. The van der Waals surface area contributed by atoms with Gasteiger partial charge in [-0.2, -0.15) is 43.9 Å². The van der Waals surface area contributed by atoms with Gasteiger partial charge in [0.05, 0.1) is 13.2 Å². The highest BCUT2D eigenvalue weighted by atomic mass is 19.4. The molecule has 1 heterocycles. The maximum Gasteiger partial charge on any atom is 0.428 e. The van der Waals surface area contributed by atoms with Crippen molar-refractivity contribution >= 4 is 0 Å². The Morgan fingerprint density at radius 1 is 0.500 bits per heavy atom. The van der Waals surface area contributed by atoms with E-state index in [2.05, 4.69) is 18.9 Å². The summed E-state index contributed by atoms with van der Waals surface area (Å²) < 4.78 is 144. The van der Waals surface area contributed by atoms with Crippen LogP contribution in [0.25, 0.3) is 0 Å². The lowest BCUT2D eigenvalue weighted by Gasteiger charge is -2.32. The molecule has 0 radical (unpaired) electrons. The predicted molar refractivity (Wildman–Crippen MR) is 60.3 cm³/mol. The fourth-order valence-corrected chi connectivity index (χ4v) is 1.43. The van der Waals surface area contributed by atoms with Crippen molar-refractivity contribution in [2.24, 2.45) is 0 Å². The summed E-state index contributed by atoms with van der Waals surface area (Å²) in [4.78, 5) is 0. The van der Waals surface area contributed by atoms with Crippen LogP contribution >= 0.6 is 0 Å². The van der Waals surface area contributed by atoms with E-state index in [4.69, 9.17) is 0 Å². The van der Waals surface area contributed by atoms with E-state index in [1.165, 1.54) is 0 Å². The normalized spacial score (nSPS) is 28.8. The minimum Gasteiger partial charge on any atom is -0.319 e. The van der Waals surface area contributed by atoms with Crippen molar-refractivity contribution in [1.29, 1.82) is 0 Å². The van der Waals surface area contributed by atoms with Crippen LogP contribution in [0.1, 0.15) is 12.8 Å². The molecule has 0 bridgehead atoms. The highest BCUT2D eigenvalue weighted by Gasteiger charge is 2.75. The van der Waals surface area contributed by atoms with Gasteiger partial charge in [-0.1, -0.05) is 0 Å². The van der Waals surface area contributed by atoms with E-state index in [1.807, 2.05) is 0 Å². The maximum absolute atomic E-state index is 13.2. The summed E-state index contributed by atoms with van der Waals surface area (Å²) in [5.41, 5.74) is 0. The fraction of sp³-hybridized carbons (Fsp3) is 1.00. The third kappa shape index (κ3) is 6.35. The van der Waals surface area contributed by atoms with Crippen LogP contribution in [0, 0.1) is 0 Å². The smallest absolute Gasteiger partial charge is 0.319 e. The Bertz CT molecular complexity index is 406. The average molecular weight is 418 g/mol. The third-order valence-corrected chi connectivity index (χ3v) is 2.74. The van der Waals surface area contributed by atoms with Crippen LogP contribution in [0.15, 0.2) is 0 Å². The van der Waals surface area contributed by atoms with Crippen molar-refractivity contribution in [2.75, 3.05) is 26.4 Å². The standard InChI is InChI=1S/C11H12F10O4.FH/c12-7(13)5-24-10(18,19)9(16,17)11(20,21)25-6-8(14,15)23-4-2-1-3-22-7;/h1-6H2;1H. The van der Waals surface area contributed by atoms with Gasteiger partial charge in [0.2, 0.25) is 0 Å². The van der Waals surface area contributed by atoms with E-state index >= 15 is 0 Å². The predicted octanol–water partition coefficient (Wildman–Crippen LogP) is 4.01. The van der Waals surface area contributed by atoms with Crippen molar-refractivity contribution in [3.63, 3.8) is 0 Å². The second-order valence-electron chi connectivity index (χ2n) is 4.86. The Balaban J connectivity index is 0.00000625. The summed E-state index contributed by atoms with van der Waals surface area (Å²) in [6.07, 6.45) is -22.0. The molecular formula is C11H13F11O4. The van der Waals surface area contributed by atoms with Gasteiger partial charge >= 0.3 is 30.4 Å². The first-order valence-electron chi connectivity index (χ1n) is 6.57. The van der Waals surface area contributed by atoms with Crippen LogP contribution in [-0.4, -0.2) is 56.8 Å². The molecule has 1 aliphatic rings. The Hall–Kier alpha value is -0.930. The molecule has 4 nitrogen and oxygen atoms in total. The molecule has 0 aromatic rings. The topological polar surface area (TPSA) is 36.9 Å². The molecule has 15 heteroatoms. The van der Waals surface area contributed by atoms with Crippen molar-refractivity contribution in [1.82, 2.24) is 0 Å². The summed E-state index contributed by atoms with van der Waals surface area (Å²) >= 11 is 0. The molecule has 0 amide bonds. The molecule has 158 valence electrons. The molecule has 0 spiro atoms. The largest absolute Gasteiger partial charge is 0.428 e. The van der Waals surface area contributed by atoms with Crippen LogP contribution in [0.4, 0.5) is 48.6 Å². The van der Waals surface area contributed by atoms with Crippen molar-refractivity contribution < 1.29 is 67.6 Å². The highest BCUT2D eigenvalue weighted by Crippen LogP contribution is 2.47. The lowest BCUT2D eigenvalue weighted by molar-refractivity contribution is -0.466. The number of rotatable bonds is 0. The molecular weight excluding hydrogens is 405 g/mol. The number of ether oxygens (including phenoxy) is 4. The molecule has 1 fully saturated rings. The van der Waals surface area contributed by atoms with Gasteiger partial charge in [0.1, 0.15) is 13.2 Å². The summed E-state index contributed by atoms with van der Waals surface area (Å²) in [5, 5.41) is 0. The quantitative estimate of drug-likeness (QED) is 0.558. The van der Waals surface area contributed by atoms with Gasteiger partial charge < -0.3 is 18.9 Å². The van der Waals surface area contributed by atoms with E-state index in [9.17, 15) is 43.9 Å². The molecule has 1 aliphatic heterocycles. The lowest BCUT2D eigenvalue weighted by atomic mass is 10.3. The van der Waals surface area contributed by atoms with Gasteiger partial charge in [-0.25, -0.2) is 0 Å². The van der Waals surface area contributed by atoms with Gasteiger partial charge in [0, 0.05) is 0 Å². The second-order valence-corrected chi connectivity index (χ2v) is 4.86. The second kappa shape index (κ2) is 8.39. The first-order valence-corrected chi connectivity index (χ1v) is 6.57. The zero-order chi connectivity index (χ0) is 19.6. The molecule has 0 N–H and O–H groups in total. The minimum atomic E-state index is -6.55. The van der Waals surface area contributed by atoms with Crippen LogP contribution < -0.4 is 0 Å². The van der Waals surface area contributed by atoms with Crippen molar-refractivity contribution in [2.45, 2.75) is 43.2 Å². The van der Waals surface area contributed by atoms with E-state index in [0.29, 0.717) is 0 Å². The molecule has 0 atom stereocenters. The zero-order valence-corrected chi connectivity index (χ0v) is 12.6. The first-order chi connectivity index (χ1) is 11.1. The molecule has 0 aromatic heterocycles. The molecule has 0 saturated carbocycles. The number of hydrogen-bond donors (Lipinski definition) is 0. The molecule has 0 aliphatic carbocycles. The van der Waals surface area contributed by atoms with Crippen molar-refractivity contribution in [3.05, 3.63) is 0 Å². The highest BCUT2D eigenvalue weighted by molar-refractivity contribution is 4.86. The lowest BCUT2D eigenvalue weighted by Crippen LogP contribution is -2.58. The van der Waals surface area contributed by atoms with E-state index in [-0.39, 0.29) is 17.5 Å². The molecule has 0 aromatic carbocycles. The average Bonchev–Trinajstić information content (AvgIpc) is 2.46. The van der Waals surface area contributed by atoms with Crippen LogP contribution in [0.2, 0.25) is 0 Å². The fourth-order valence-electron chi connectivity index (χ4n) is 1.43.